The number of methoxy groups -OCH3 is 1. The summed E-state index contributed by atoms with van der Waals surface area (Å²) < 4.78 is 6.16. The predicted octanol–water partition coefficient (Wildman–Crippen LogP) is 3.24. The maximum absolute atomic E-state index is 13.7. The van der Waals surface area contributed by atoms with E-state index in [-0.39, 0.29) is 33.3 Å². The third kappa shape index (κ3) is 4.12. The molecular formula is C23H18ClN7O3. The third-order valence-electron chi connectivity index (χ3n) is 5.07. The number of rotatable bonds is 5. The zero-order chi connectivity index (χ0) is 24.4. The Morgan fingerprint density at radius 2 is 2.03 bits per heavy atom. The first kappa shape index (κ1) is 22.7. The van der Waals surface area contributed by atoms with E-state index in [4.69, 9.17) is 22.1 Å². The summed E-state index contributed by atoms with van der Waals surface area (Å²) in [6.45, 7) is 1.75. The molecule has 0 aliphatic carbocycles. The number of fused-ring (bicyclic) bond motifs is 1. The Balaban J connectivity index is 1.95. The van der Waals surface area contributed by atoms with Gasteiger partial charge in [-0.1, -0.05) is 23.7 Å². The van der Waals surface area contributed by atoms with Crippen LogP contribution in [-0.2, 0) is 4.74 Å². The fraction of sp³-hybridized carbons (Fsp3) is 0.130. The largest absolute Gasteiger partial charge is 0.465 e. The van der Waals surface area contributed by atoms with Crippen LogP contribution in [0.2, 0.25) is 5.02 Å². The summed E-state index contributed by atoms with van der Waals surface area (Å²) in [5, 5.41) is 13.0. The summed E-state index contributed by atoms with van der Waals surface area (Å²) >= 11 is 6.33. The Kier molecular flexibility index (Phi) is 6.12. The van der Waals surface area contributed by atoms with Gasteiger partial charge in [0.2, 0.25) is 5.95 Å². The van der Waals surface area contributed by atoms with E-state index in [0.29, 0.717) is 17.0 Å². The lowest BCUT2D eigenvalue weighted by atomic mass is 10.1. The molecule has 2 aromatic carbocycles. The van der Waals surface area contributed by atoms with E-state index in [2.05, 4.69) is 20.3 Å². The molecule has 0 bridgehead atoms. The van der Waals surface area contributed by atoms with Crippen molar-refractivity contribution < 1.29 is 9.53 Å². The number of aromatic nitrogens is 4. The molecule has 0 amide bonds. The minimum absolute atomic E-state index is 0.0184. The molecule has 0 unspecified atom stereocenters. The third-order valence-corrected chi connectivity index (χ3v) is 5.38. The number of hydrogen-bond acceptors (Lipinski definition) is 9. The van der Waals surface area contributed by atoms with Gasteiger partial charge < -0.3 is 15.8 Å². The highest BCUT2D eigenvalue weighted by Gasteiger charge is 2.21. The topological polar surface area (TPSA) is 149 Å². The molecule has 34 heavy (non-hydrogen) atoms. The normalized spacial score (nSPS) is 11.6. The number of carbonyl (C=O) groups is 1. The molecular weight excluding hydrogens is 458 g/mol. The van der Waals surface area contributed by atoms with Crippen LogP contribution >= 0.6 is 11.6 Å². The minimum Gasteiger partial charge on any atom is -0.465 e. The molecule has 10 nitrogen and oxygen atoms in total. The Morgan fingerprint density at radius 3 is 2.76 bits per heavy atom. The van der Waals surface area contributed by atoms with Gasteiger partial charge in [0, 0.05) is 0 Å². The van der Waals surface area contributed by atoms with E-state index in [1.54, 1.807) is 43.3 Å². The van der Waals surface area contributed by atoms with E-state index in [0.717, 1.165) is 0 Å². The molecule has 0 radical (unpaired) electrons. The van der Waals surface area contributed by atoms with Crippen LogP contribution in [0.5, 0.6) is 0 Å². The number of ether oxygens (including phenoxy) is 1. The van der Waals surface area contributed by atoms with Crippen molar-refractivity contribution in [1.82, 2.24) is 19.5 Å². The lowest BCUT2D eigenvalue weighted by molar-refractivity contribution is 0.0600. The fourth-order valence-corrected chi connectivity index (χ4v) is 3.74. The maximum atomic E-state index is 13.7. The van der Waals surface area contributed by atoms with Crippen molar-refractivity contribution in [3.05, 3.63) is 81.0 Å². The summed E-state index contributed by atoms with van der Waals surface area (Å²) in [4.78, 5) is 38.4. The quantitative estimate of drug-likeness (QED) is 0.414. The number of esters is 1. The summed E-state index contributed by atoms with van der Waals surface area (Å²) in [5.41, 5.74) is 6.47. The number of hydrogen-bond donors (Lipinski definition) is 2. The van der Waals surface area contributed by atoms with Gasteiger partial charge in [0.05, 0.1) is 46.5 Å². The van der Waals surface area contributed by atoms with Gasteiger partial charge in [-0.25, -0.2) is 14.8 Å². The van der Waals surface area contributed by atoms with Crippen molar-refractivity contribution in [3.63, 3.8) is 0 Å². The molecule has 2 heterocycles. The number of halogens is 1. The number of nitrogen functional groups attached to an aromatic ring is 1. The average molecular weight is 476 g/mol. The van der Waals surface area contributed by atoms with Gasteiger partial charge in [-0.3, -0.25) is 9.36 Å². The molecule has 11 heteroatoms. The average Bonchev–Trinajstić information content (AvgIpc) is 2.83. The monoisotopic (exact) mass is 475 g/mol. The van der Waals surface area contributed by atoms with Gasteiger partial charge in [0.25, 0.3) is 5.56 Å². The minimum atomic E-state index is -0.626. The zero-order valence-corrected chi connectivity index (χ0v) is 18.9. The Labute approximate surface area is 198 Å². The molecule has 0 spiro atoms. The summed E-state index contributed by atoms with van der Waals surface area (Å²) in [6.07, 6.45) is 1.30. The lowest BCUT2D eigenvalue weighted by Gasteiger charge is -2.21. The molecule has 2 aromatic heterocycles. The number of anilines is 2. The van der Waals surface area contributed by atoms with Crippen molar-refractivity contribution in [1.29, 1.82) is 5.26 Å². The highest BCUT2D eigenvalue weighted by atomic mass is 35.5. The van der Waals surface area contributed by atoms with Crippen LogP contribution in [-0.4, -0.2) is 32.6 Å². The first-order chi connectivity index (χ1) is 16.3. The van der Waals surface area contributed by atoms with Crippen molar-refractivity contribution in [2.75, 3.05) is 18.2 Å². The Morgan fingerprint density at radius 1 is 1.26 bits per heavy atom. The molecule has 0 saturated heterocycles. The maximum Gasteiger partial charge on any atom is 0.337 e. The molecule has 0 aliphatic heterocycles. The van der Waals surface area contributed by atoms with E-state index in [1.165, 1.54) is 23.9 Å². The number of nitrogens with one attached hydrogen (secondary N) is 1. The van der Waals surface area contributed by atoms with Crippen molar-refractivity contribution in [2.24, 2.45) is 0 Å². The van der Waals surface area contributed by atoms with Crippen molar-refractivity contribution in [3.8, 4) is 11.8 Å². The fourth-order valence-electron chi connectivity index (χ4n) is 3.49. The molecule has 4 aromatic rings. The van der Waals surface area contributed by atoms with E-state index < -0.39 is 17.6 Å². The molecule has 3 N–H and O–H groups in total. The van der Waals surface area contributed by atoms with Crippen LogP contribution in [0.25, 0.3) is 16.6 Å². The molecule has 0 fully saturated rings. The predicted molar refractivity (Wildman–Crippen MR) is 127 cm³/mol. The van der Waals surface area contributed by atoms with Crippen LogP contribution in [0.3, 0.4) is 0 Å². The van der Waals surface area contributed by atoms with E-state index >= 15 is 0 Å². The van der Waals surface area contributed by atoms with Gasteiger partial charge in [-0.15, -0.1) is 0 Å². The first-order valence-corrected chi connectivity index (χ1v) is 10.4. The van der Waals surface area contributed by atoms with Gasteiger partial charge in [0.1, 0.15) is 23.3 Å². The second-order valence-corrected chi connectivity index (χ2v) is 7.66. The SMILES string of the molecule is COC(=O)c1cccc(-n2c([C@@H](C)Nc3nc(N)ncc3C#N)nc3cccc(Cl)c3c2=O)c1. The number of benzene rings is 2. The summed E-state index contributed by atoms with van der Waals surface area (Å²) in [7, 11) is 1.27. The number of carbonyl (C=O) groups excluding carboxylic acids is 1. The van der Waals surface area contributed by atoms with Gasteiger partial charge >= 0.3 is 5.97 Å². The second kappa shape index (κ2) is 9.17. The van der Waals surface area contributed by atoms with Crippen LogP contribution in [0.1, 0.15) is 34.7 Å². The number of nitrogens with two attached hydrogens (primary N) is 1. The highest BCUT2D eigenvalue weighted by Crippen LogP contribution is 2.25. The molecule has 1 atom stereocenters. The Hall–Kier alpha value is -4.49. The van der Waals surface area contributed by atoms with Gasteiger partial charge in [-0.2, -0.15) is 10.2 Å². The summed E-state index contributed by atoms with van der Waals surface area (Å²) in [6, 6.07) is 12.7. The summed E-state index contributed by atoms with van der Waals surface area (Å²) in [5.74, 6) is -0.0831. The number of nitrogens with zero attached hydrogens (tertiary/aromatic N) is 5. The second-order valence-electron chi connectivity index (χ2n) is 7.25. The molecule has 0 saturated carbocycles. The standard InChI is InChI=1S/C23H18ClN7O3/c1-12(28-19-14(10-25)11-27-23(26)30-19)20-29-17-8-4-7-16(24)18(17)21(32)31(20)15-6-3-5-13(9-15)22(33)34-2/h3-9,11-12H,1-2H3,(H3,26,27,28,30)/t12-/m1/s1. The highest BCUT2D eigenvalue weighted by molar-refractivity contribution is 6.35. The molecule has 4 rings (SSSR count). The zero-order valence-electron chi connectivity index (χ0n) is 18.1. The van der Waals surface area contributed by atoms with Crippen LogP contribution in [0, 0.1) is 11.3 Å². The number of nitriles is 1. The first-order valence-electron chi connectivity index (χ1n) is 10.0. The van der Waals surface area contributed by atoms with Gasteiger partial charge in [0.15, 0.2) is 0 Å². The van der Waals surface area contributed by atoms with Crippen LogP contribution in [0.15, 0.2) is 53.5 Å². The van der Waals surface area contributed by atoms with Crippen molar-refractivity contribution >= 4 is 40.2 Å². The molecule has 170 valence electrons. The lowest BCUT2D eigenvalue weighted by Crippen LogP contribution is -2.28. The van der Waals surface area contributed by atoms with Gasteiger partial charge in [-0.05, 0) is 37.3 Å². The smallest absolute Gasteiger partial charge is 0.337 e. The van der Waals surface area contributed by atoms with E-state index in [1.807, 2.05) is 6.07 Å². The van der Waals surface area contributed by atoms with Crippen LogP contribution in [0.4, 0.5) is 11.8 Å². The van der Waals surface area contributed by atoms with Crippen LogP contribution < -0.4 is 16.6 Å². The molecule has 0 aliphatic rings. The van der Waals surface area contributed by atoms with E-state index in [9.17, 15) is 14.9 Å². The van der Waals surface area contributed by atoms with Crippen molar-refractivity contribution in [2.45, 2.75) is 13.0 Å². The Bertz CT molecular complexity index is 1530.